The summed E-state index contributed by atoms with van der Waals surface area (Å²) >= 11 is 0. The van der Waals surface area contributed by atoms with Crippen LogP contribution >= 0.6 is 0 Å². The summed E-state index contributed by atoms with van der Waals surface area (Å²) in [5, 5.41) is 0. The summed E-state index contributed by atoms with van der Waals surface area (Å²) < 4.78 is 11.9. The van der Waals surface area contributed by atoms with E-state index in [1.54, 1.807) is 0 Å². The molecule has 5 rings (SSSR count). The van der Waals surface area contributed by atoms with Gasteiger partial charge in [-0.3, -0.25) is 9.69 Å². The molecule has 1 spiro atoms. The highest BCUT2D eigenvalue weighted by Gasteiger charge is 2.65. The fourth-order valence-corrected chi connectivity index (χ4v) is 6.47. The number of epoxide rings is 1. The minimum Gasteiger partial charge on any atom is -0.462 e. The lowest BCUT2D eigenvalue weighted by Crippen LogP contribution is -2.52. The first kappa shape index (κ1) is 16.5. The Hall–Kier alpha value is -0.650. The lowest BCUT2D eigenvalue weighted by Gasteiger charge is -2.51. The number of ether oxygens (including phenoxy) is 2. The zero-order chi connectivity index (χ0) is 17.2. The number of piperazine rings is 1. The zero-order valence-corrected chi connectivity index (χ0v) is 15.7. The number of hydrogen-bond donors (Lipinski definition) is 0. The minimum atomic E-state index is 0.0712. The van der Waals surface area contributed by atoms with Crippen LogP contribution in [0.25, 0.3) is 0 Å². The minimum absolute atomic E-state index is 0.0712. The molecular formula is C20H32N2O3. The fourth-order valence-electron chi connectivity index (χ4n) is 6.47. The van der Waals surface area contributed by atoms with E-state index in [0.717, 1.165) is 52.2 Å². The second kappa shape index (κ2) is 5.67. The molecule has 3 aliphatic heterocycles. The number of carbonyl (C=O) groups is 1. The van der Waals surface area contributed by atoms with Crippen LogP contribution in [0.3, 0.4) is 0 Å². The predicted octanol–water partition coefficient (Wildman–Crippen LogP) is 1.76. The standard InChI is InChI=1S/C20H32N2O3/c1-19-4-3-5-20(13-24-20)17(19)10-14-15(18(23)25-16(14)11-19)12-22-8-6-21(2)7-9-22/h14-17H,3-13H2,1-2H3/t14-,15+,16-,17+,19-,20+/m1/s1. The summed E-state index contributed by atoms with van der Waals surface area (Å²) in [6.45, 7) is 8.63. The molecule has 0 amide bonds. The largest absolute Gasteiger partial charge is 0.462 e. The van der Waals surface area contributed by atoms with E-state index >= 15 is 0 Å². The third-order valence-electron chi connectivity index (χ3n) is 8.13. The van der Waals surface area contributed by atoms with Gasteiger partial charge in [0.05, 0.1) is 18.1 Å². The van der Waals surface area contributed by atoms with Crippen LogP contribution in [0.4, 0.5) is 0 Å². The van der Waals surface area contributed by atoms with Crippen LogP contribution < -0.4 is 0 Å². The third-order valence-corrected chi connectivity index (χ3v) is 8.13. The molecule has 140 valence electrons. The first-order chi connectivity index (χ1) is 12.0. The maximum Gasteiger partial charge on any atom is 0.310 e. The van der Waals surface area contributed by atoms with Crippen molar-refractivity contribution in [3.8, 4) is 0 Å². The van der Waals surface area contributed by atoms with E-state index in [1.165, 1.54) is 19.3 Å². The van der Waals surface area contributed by atoms with Crippen molar-refractivity contribution in [3.63, 3.8) is 0 Å². The monoisotopic (exact) mass is 348 g/mol. The zero-order valence-electron chi connectivity index (χ0n) is 15.7. The van der Waals surface area contributed by atoms with Crippen molar-refractivity contribution in [3.05, 3.63) is 0 Å². The quantitative estimate of drug-likeness (QED) is 0.562. The smallest absolute Gasteiger partial charge is 0.310 e. The molecule has 3 heterocycles. The first-order valence-corrected chi connectivity index (χ1v) is 10.2. The van der Waals surface area contributed by atoms with Crippen molar-refractivity contribution >= 4 is 5.97 Å². The summed E-state index contributed by atoms with van der Waals surface area (Å²) in [4.78, 5) is 17.5. The molecule has 5 aliphatic rings. The van der Waals surface area contributed by atoms with E-state index in [1.807, 2.05) is 0 Å². The highest BCUT2D eigenvalue weighted by Crippen LogP contribution is 2.62. The topological polar surface area (TPSA) is 45.3 Å². The van der Waals surface area contributed by atoms with Crippen molar-refractivity contribution in [1.82, 2.24) is 9.80 Å². The van der Waals surface area contributed by atoms with Crippen molar-refractivity contribution in [2.24, 2.45) is 23.2 Å². The molecule has 5 heteroatoms. The summed E-state index contributed by atoms with van der Waals surface area (Å²) in [7, 11) is 2.18. The van der Waals surface area contributed by atoms with Gasteiger partial charge in [0.2, 0.25) is 0 Å². The molecule has 2 saturated carbocycles. The van der Waals surface area contributed by atoms with E-state index in [-0.39, 0.29) is 23.6 Å². The highest BCUT2D eigenvalue weighted by atomic mass is 16.6. The summed E-state index contributed by atoms with van der Waals surface area (Å²) in [5.74, 6) is 1.18. The molecule has 2 aliphatic carbocycles. The van der Waals surface area contributed by atoms with Crippen LogP contribution in [0.1, 0.15) is 39.0 Å². The molecule has 3 saturated heterocycles. The van der Waals surface area contributed by atoms with Gasteiger partial charge in [0.15, 0.2) is 0 Å². The molecule has 0 aromatic heterocycles. The molecule has 0 radical (unpaired) electrons. The maximum absolute atomic E-state index is 12.7. The van der Waals surface area contributed by atoms with Crippen LogP contribution in [-0.4, -0.2) is 73.9 Å². The molecule has 0 aromatic rings. The normalized spacial score (nSPS) is 50.4. The Balaban J connectivity index is 1.33. The van der Waals surface area contributed by atoms with Gasteiger partial charge >= 0.3 is 5.97 Å². The number of rotatable bonds is 2. The van der Waals surface area contributed by atoms with Crippen LogP contribution in [0, 0.1) is 23.2 Å². The van der Waals surface area contributed by atoms with Gasteiger partial charge in [-0.2, -0.15) is 0 Å². The summed E-state index contributed by atoms with van der Waals surface area (Å²) in [6.07, 6.45) is 6.10. The van der Waals surface area contributed by atoms with Crippen LogP contribution in [0.5, 0.6) is 0 Å². The molecule has 0 N–H and O–H groups in total. The average Bonchev–Trinajstić information content (AvgIpc) is 3.28. The Labute approximate surface area is 151 Å². The van der Waals surface area contributed by atoms with Gasteiger partial charge in [-0.15, -0.1) is 0 Å². The van der Waals surface area contributed by atoms with Gasteiger partial charge in [-0.1, -0.05) is 6.92 Å². The lowest BCUT2D eigenvalue weighted by atomic mass is 9.53. The predicted molar refractivity (Wildman–Crippen MR) is 94.2 cm³/mol. The Bertz CT molecular complexity index is 555. The van der Waals surface area contributed by atoms with Gasteiger partial charge in [-0.25, -0.2) is 0 Å². The Morgan fingerprint density at radius 2 is 1.96 bits per heavy atom. The molecule has 5 nitrogen and oxygen atoms in total. The Morgan fingerprint density at radius 1 is 1.20 bits per heavy atom. The Morgan fingerprint density at radius 3 is 2.68 bits per heavy atom. The van der Waals surface area contributed by atoms with Gasteiger partial charge in [-0.05, 0) is 50.5 Å². The number of esters is 1. The third kappa shape index (κ3) is 2.65. The van der Waals surface area contributed by atoms with Crippen molar-refractivity contribution in [2.75, 3.05) is 46.4 Å². The molecule has 25 heavy (non-hydrogen) atoms. The maximum atomic E-state index is 12.7. The van der Waals surface area contributed by atoms with E-state index in [4.69, 9.17) is 9.47 Å². The number of carbonyl (C=O) groups excluding carboxylic acids is 1. The molecule has 0 aromatic carbocycles. The van der Waals surface area contributed by atoms with Gasteiger partial charge in [0.25, 0.3) is 0 Å². The molecule has 0 bridgehead atoms. The van der Waals surface area contributed by atoms with Gasteiger partial charge in [0.1, 0.15) is 6.10 Å². The van der Waals surface area contributed by atoms with Crippen molar-refractivity contribution in [2.45, 2.75) is 50.7 Å². The summed E-state index contributed by atoms with van der Waals surface area (Å²) in [5.41, 5.74) is 0.459. The molecule has 5 fully saturated rings. The highest BCUT2D eigenvalue weighted by molar-refractivity contribution is 5.75. The number of fused-ring (bicyclic) bond motifs is 3. The second-order valence-corrected chi connectivity index (χ2v) is 9.70. The molecule has 0 unspecified atom stereocenters. The second-order valence-electron chi connectivity index (χ2n) is 9.70. The van der Waals surface area contributed by atoms with Crippen LogP contribution in [0.2, 0.25) is 0 Å². The lowest BCUT2D eigenvalue weighted by molar-refractivity contribution is -0.147. The van der Waals surface area contributed by atoms with Crippen LogP contribution in [0.15, 0.2) is 0 Å². The summed E-state index contributed by atoms with van der Waals surface area (Å²) in [6, 6.07) is 0. The van der Waals surface area contributed by atoms with E-state index < -0.39 is 0 Å². The van der Waals surface area contributed by atoms with Crippen molar-refractivity contribution in [1.29, 1.82) is 0 Å². The van der Waals surface area contributed by atoms with Crippen molar-refractivity contribution < 1.29 is 14.3 Å². The van der Waals surface area contributed by atoms with E-state index in [9.17, 15) is 4.79 Å². The average molecular weight is 348 g/mol. The SMILES string of the molecule is CN1CCN(C[C@@H]2C(=O)O[C@@H]3C[C@@]4(C)CCC[C@]5(CO5)[C@H]4C[C@H]23)CC1. The van der Waals surface area contributed by atoms with Gasteiger partial charge < -0.3 is 14.4 Å². The van der Waals surface area contributed by atoms with E-state index in [0.29, 0.717) is 17.3 Å². The van der Waals surface area contributed by atoms with E-state index in [2.05, 4.69) is 23.8 Å². The fraction of sp³-hybridized carbons (Fsp3) is 0.950. The van der Waals surface area contributed by atoms with Gasteiger partial charge in [0, 0.05) is 38.6 Å². The first-order valence-electron chi connectivity index (χ1n) is 10.2. The molecular weight excluding hydrogens is 316 g/mol. The molecule has 6 atom stereocenters. The number of hydrogen-bond acceptors (Lipinski definition) is 5. The Kier molecular flexibility index (Phi) is 3.75. The number of nitrogens with zero attached hydrogens (tertiary/aromatic N) is 2. The number of likely N-dealkylation sites (N-methyl/N-ethyl adjacent to an activating group) is 1. The van der Waals surface area contributed by atoms with Crippen LogP contribution in [-0.2, 0) is 14.3 Å².